The molecule has 0 spiro atoms. The fraction of sp³-hybridized carbons (Fsp3) is 0.425. The van der Waals surface area contributed by atoms with Gasteiger partial charge in [-0.3, -0.25) is 29.8 Å². The molecular weight excluding hydrogens is 730 g/mol. The maximum absolute atomic E-state index is 14.0. The number of pyridine rings is 1. The fourth-order valence-electron chi connectivity index (χ4n) is 7.60. The van der Waals surface area contributed by atoms with Gasteiger partial charge in [0.05, 0.1) is 40.5 Å². The predicted molar refractivity (Wildman–Crippen MR) is 205 cm³/mol. The van der Waals surface area contributed by atoms with Gasteiger partial charge in [0, 0.05) is 82.4 Å². The van der Waals surface area contributed by atoms with Crippen molar-refractivity contribution in [2.75, 3.05) is 63.1 Å². The number of aryl methyl sites for hydroxylation is 1. The van der Waals surface area contributed by atoms with Crippen LogP contribution >= 0.6 is 0 Å². The number of benzene rings is 2. The van der Waals surface area contributed by atoms with Crippen LogP contribution in [-0.2, 0) is 22.6 Å². The molecule has 56 heavy (non-hydrogen) atoms. The number of halogens is 4. The van der Waals surface area contributed by atoms with Gasteiger partial charge in [0.15, 0.2) is 0 Å². The third-order valence-electron chi connectivity index (χ3n) is 10.6. The number of alkyl halides is 2. The van der Waals surface area contributed by atoms with E-state index in [1.54, 1.807) is 13.0 Å². The molecule has 2 amide bonds. The number of nitrogens with one attached hydrogen (secondary N) is 1. The first-order valence-electron chi connectivity index (χ1n) is 18.8. The summed E-state index contributed by atoms with van der Waals surface area (Å²) >= 11 is 0. The van der Waals surface area contributed by atoms with Gasteiger partial charge in [-0.25, -0.2) is 22.5 Å². The molecule has 7 rings (SSSR count). The number of imidazole rings is 1. The van der Waals surface area contributed by atoms with Crippen molar-refractivity contribution in [2.45, 2.75) is 46.2 Å². The first-order valence-corrected chi connectivity index (χ1v) is 18.8. The summed E-state index contributed by atoms with van der Waals surface area (Å²) < 4.78 is 63.3. The topological polar surface area (TPSA) is 134 Å². The maximum Gasteiger partial charge on any atom is 0.278 e. The Morgan fingerprint density at radius 3 is 2.45 bits per heavy atom. The van der Waals surface area contributed by atoms with E-state index in [1.165, 1.54) is 25.2 Å². The molecule has 1 atom stereocenters. The van der Waals surface area contributed by atoms with Crippen molar-refractivity contribution < 1.29 is 31.9 Å². The van der Waals surface area contributed by atoms with Crippen molar-refractivity contribution in [1.29, 1.82) is 0 Å². The van der Waals surface area contributed by atoms with Crippen LogP contribution in [0.3, 0.4) is 0 Å². The van der Waals surface area contributed by atoms with Gasteiger partial charge in [-0.15, -0.1) is 0 Å². The van der Waals surface area contributed by atoms with Crippen molar-refractivity contribution in [2.24, 2.45) is 22.6 Å². The molecule has 12 nitrogen and oxygen atoms in total. The molecule has 4 aromatic rings. The third kappa shape index (κ3) is 8.34. The molecule has 3 aliphatic heterocycles. The molecule has 0 aliphatic carbocycles. The summed E-state index contributed by atoms with van der Waals surface area (Å²) in [6, 6.07) is 12.4. The van der Waals surface area contributed by atoms with Crippen molar-refractivity contribution in [3.63, 3.8) is 0 Å². The van der Waals surface area contributed by atoms with E-state index in [4.69, 9.17) is 15.5 Å². The second-order valence-electron chi connectivity index (χ2n) is 14.8. The standard InChI is InChI=1S/C40H45F4N9O3/c1-23-5-4-12-56-38(46-3)34(35(45)36(43)44)32-15-26(13-24(2)47-32)37(54)49-40-48-31-7-6-25(14-33(31)53(40)19-23)20-50-8-10-51(11-9-50)39(55)27-21-52(22-27)30-17-28(41)16-29(42)18-30/h6-7,13-18,23,27,36H,4-5,8-12,19-22,45H2,1-3H3,(H,48,49,54)/t23-/m1/s1. The van der Waals surface area contributed by atoms with Gasteiger partial charge in [0.25, 0.3) is 12.3 Å². The summed E-state index contributed by atoms with van der Waals surface area (Å²) in [5.41, 5.74) is 8.69. The number of aliphatic imine (C=N–C) groups is 1. The Hall–Kier alpha value is -5.51. The number of rotatable bonds is 5. The van der Waals surface area contributed by atoms with E-state index >= 15 is 0 Å². The van der Waals surface area contributed by atoms with E-state index in [1.807, 2.05) is 26.5 Å². The monoisotopic (exact) mass is 775 g/mol. The Kier molecular flexibility index (Phi) is 11.3. The van der Waals surface area contributed by atoms with Crippen LogP contribution in [0.2, 0.25) is 0 Å². The summed E-state index contributed by atoms with van der Waals surface area (Å²) in [6.45, 7) is 8.54. The fourth-order valence-corrected chi connectivity index (χ4v) is 7.60. The number of anilines is 2. The first kappa shape index (κ1) is 38.8. The van der Waals surface area contributed by atoms with Crippen LogP contribution in [0.5, 0.6) is 0 Å². The summed E-state index contributed by atoms with van der Waals surface area (Å²) in [5.74, 6) is -1.51. The molecule has 5 heterocycles. The number of aromatic nitrogens is 3. The Bertz CT molecular complexity index is 2170. The van der Waals surface area contributed by atoms with E-state index in [-0.39, 0.29) is 47.1 Å². The summed E-state index contributed by atoms with van der Waals surface area (Å²) in [6.07, 6.45) is -1.67. The second kappa shape index (κ2) is 16.3. The van der Waals surface area contributed by atoms with Crippen LogP contribution in [0.15, 0.2) is 59.2 Å². The van der Waals surface area contributed by atoms with Crippen LogP contribution in [0.1, 0.15) is 47.1 Å². The summed E-state index contributed by atoms with van der Waals surface area (Å²) in [5, 5.41) is 2.96. The number of hydrogen-bond donors (Lipinski definition) is 2. The van der Waals surface area contributed by atoms with Gasteiger partial charge < -0.3 is 24.8 Å². The number of carbonyl (C=O) groups is 2. The van der Waals surface area contributed by atoms with Gasteiger partial charge in [-0.1, -0.05) is 13.0 Å². The number of nitrogens with zero attached hydrogens (tertiary/aromatic N) is 7. The minimum Gasteiger partial charge on any atom is -0.477 e. The minimum absolute atomic E-state index is 0.0495. The number of piperazine rings is 1. The van der Waals surface area contributed by atoms with Gasteiger partial charge in [0.2, 0.25) is 17.8 Å². The van der Waals surface area contributed by atoms with E-state index < -0.39 is 29.7 Å². The predicted octanol–water partition coefficient (Wildman–Crippen LogP) is 5.46. The Morgan fingerprint density at radius 1 is 1.02 bits per heavy atom. The molecule has 0 radical (unpaired) electrons. The summed E-state index contributed by atoms with van der Waals surface area (Å²) in [4.78, 5) is 46.4. The number of carbonyl (C=O) groups excluding carboxylic acids is 2. The normalized spacial score (nSPS) is 20.6. The minimum atomic E-state index is -3.00. The van der Waals surface area contributed by atoms with E-state index in [0.717, 1.165) is 23.6 Å². The van der Waals surface area contributed by atoms with E-state index in [2.05, 4.69) is 33.2 Å². The highest BCUT2D eigenvalue weighted by Crippen LogP contribution is 2.30. The Balaban J connectivity index is 1.07. The Labute approximate surface area is 322 Å². The number of hydrogen-bond acceptors (Lipinski definition) is 9. The molecule has 2 fully saturated rings. The van der Waals surface area contributed by atoms with Gasteiger partial charge in [0.1, 0.15) is 11.6 Å². The number of nitrogens with two attached hydrogens (primary N) is 1. The zero-order valence-corrected chi connectivity index (χ0v) is 31.6. The van der Waals surface area contributed by atoms with Crippen LogP contribution in [-0.4, -0.2) is 101 Å². The molecule has 296 valence electrons. The molecule has 0 saturated carbocycles. The smallest absolute Gasteiger partial charge is 0.278 e. The van der Waals surface area contributed by atoms with E-state index in [0.29, 0.717) is 81.6 Å². The second-order valence-corrected chi connectivity index (χ2v) is 14.8. The van der Waals surface area contributed by atoms with Crippen LogP contribution in [0.25, 0.3) is 16.6 Å². The maximum atomic E-state index is 14.0. The van der Waals surface area contributed by atoms with Crippen LogP contribution in [0.4, 0.5) is 29.2 Å². The van der Waals surface area contributed by atoms with Crippen LogP contribution < -0.4 is 16.0 Å². The highest BCUT2D eigenvalue weighted by atomic mass is 19.3. The molecule has 3 aliphatic rings. The average Bonchev–Trinajstić information content (AvgIpc) is 3.46. The third-order valence-corrected chi connectivity index (χ3v) is 10.6. The average molecular weight is 776 g/mol. The molecule has 2 saturated heterocycles. The molecule has 2 aromatic carbocycles. The molecule has 2 aromatic heterocycles. The SMILES string of the molecule is CN=C1OCCC[C@@H](C)Cn2c(nc3ccc(CN4CCN(C(=O)C5CN(c6cc(F)cc(F)c6)C5)CC4)cc32)NC(=O)c2cc(C)nc(c2)C1=C(N)C(F)F. The lowest BCUT2D eigenvalue weighted by molar-refractivity contribution is -0.138. The lowest BCUT2D eigenvalue weighted by Gasteiger charge is -2.44. The quantitative estimate of drug-likeness (QED) is 0.256. The molecule has 16 heteroatoms. The lowest BCUT2D eigenvalue weighted by atomic mass is 9.97. The summed E-state index contributed by atoms with van der Waals surface area (Å²) in [7, 11) is 1.43. The number of fused-ring (bicyclic) bond motifs is 5. The lowest BCUT2D eigenvalue weighted by Crippen LogP contribution is -2.58. The van der Waals surface area contributed by atoms with Crippen molar-refractivity contribution in [3.8, 4) is 0 Å². The molecule has 0 unspecified atom stereocenters. The Morgan fingerprint density at radius 2 is 1.75 bits per heavy atom. The van der Waals surface area contributed by atoms with Crippen molar-refractivity contribution in [1.82, 2.24) is 24.3 Å². The van der Waals surface area contributed by atoms with Gasteiger partial charge >= 0.3 is 0 Å². The van der Waals surface area contributed by atoms with Crippen molar-refractivity contribution in [3.05, 3.63) is 88.4 Å². The number of amides is 2. The zero-order valence-electron chi connectivity index (χ0n) is 31.6. The zero-order chi connectivity index (χ0) is 39.7. The highest BCUT2D eigenvalue weighted by Gasteiger charge is 2.37. The largest absolute Gasteiger partial charge is 0.477 e. The van der Waals surface area contributed by atoms with Crippen molar-refractivity contribution >= 4 is 46.0 Å². The van der Waals surface area contributed by atoms with Crippen LogP contribution in [0, 0.1) is 30.4 Å². The number of allylic oxidation sites excluding steroid dienone is 1. The highest BCUT2D eigenvalue weighted by molar-refractivity contribution is 6.20. The molecular formula is C40H45F4N9O3. The van der Waals surface area contributed by atoms with Gasteiger partial charge in [-0.2, -0.15) is 0 Å². The van der Waals surface area contributed by atoms with Gasteiger partial charge in [-0.05, 0) is 67.6 Å². The first-order chi connectivity index (χ1) is 26.9. The molecule has 2 bridgehead atoms. The number of ether oxygens (including phenoxy) is 1. The molecule has 3 N–H and O–H groups in total. The van der Waals surface area contributed by atoms with E-state index in [9.17, 15) is 27.2 Å².